The van der Waals surface area contributed by atoms with Crippen LogP contribution in [0.4, 0.5) is 13.2 Å². The smallest absolute Gasteiger partial charge is 0.315 e. The molecular formula is C11H14F3NS2. The third-order valence-electron chi connectivity index (χ3n) is 1.84. The molecule has 1 nitrogen and oxygen atoms in total. The second-order valence-corrected chi connectivity index (χ2v) is 5.53. The first-order valence-corrected chi connectivity index (χ1v) is 7.14. The minimum atomic E-state index is -4.11. The fraction of sp³-hybridized carbons (Fsp3) is 0.455. The van der Waals surface area contributed by atoms with Gasteiger partial charge in [0.1, 0.15) is 0 Å². The van der Waals surface area contributed by atoms with Crippen molar-refractivity contribution < 1.29 is 13.2 Å². The van der Waals surface area contributed by atoms with E-state index >= 15 is 0 Å². The van der Waals surface area contributed by atoms with Crippen molar-refractivity contribution in [2.45, 2.75) is 10.4 Å². The van der Waals surface area contributed by atoms with Gasteiger partial charge in [-0.3, -0.25) is 0 Å². The Morgan fingerprint density at radius 1 is 1.00 bits per heavy atom. The van der Waals surface area contributed by atoms with E-state index in [-0.39, 0.29) is 17.5 Å². The fourth-order valence-corrected chi connectivity index (χ4v) is 2.43. The molecule has 1 N–H and O–H groups in total. The van der Waals surface area contributed by atoms with E-state index in [0.29, 0.717) is 6.54 Å². The quantitative estimate of drug-likeness (QED) is 0.605. The van der Waals surface area contributed by atoms with Crippen LogP contribution in [0.15, 0.2) is 35.2 Å². The Kier molecular flexibility index (Phi) is 6.84. The van der Waals surface area contributed by atoms with Crippen molar-refractivity contribution in [3.8, 4) is 0 Å². The molecule has 0 aliphatic carbocycles. The zero-order chi connectivity index (χ0) is 12.6. The van der Waals surface area contributed by atoms with Crippen LogP contribution >= 0.6 is 23.5 Å². The molecule has 1 aromatic rings. The van der Waals surface area contributed by atoms with Crippen LogP contribution < -0.4 is 5.32 Å². The summed E-state index contributed by atoms with van der Waals surface area (Å²) in [7, 11) is 0. The third-order valence-corrected chi connectivity index (χ3v) is 3.58. The van der Waals surface area contributed by atoms with E-state index in [1.54, 1.807) is 11.8 Å². The normalized spacial score (nSPS) is 11.7. The van der Waals surface area contributed by atoms with Crippen LogP contribution in [-0.2, 0) is 0 Å². The van der Waals surface area contributed by atoms with Crippen LogP contribution in [-0.4, -0.2) is 30.1 Å². The summed E-state index contributed by atoms with van der Waals surface area (Å²) >= 11 is 1.71. The van der Waals surface area contributed by atoms with Gasteiger partial charge >= 0.3 is 5.51 Å². The van der Waals surface area contributed by atoms with Gasteiger partial charge in [0.05, 0.1) is 0 Å². The predicted octanol–water partition coefficient (Wildman–Crippen LogP) is 3.62. The van der Waals surface area contributed by atoms with Gasteiger partial charge in [-0.05, 0) is 23.9 Å². The highest BCUT2D eigenvalue weighted by atomic mass is 32.2. The Balaban J connectivity index is 1.95. The second-order valence-electron chi connectivity index (χ2n) is 3.21. The first kappa shape index (κ1) is 14.7. The average molecular weight is 281 g/mol. The zero-order valence-electron chi connectivity index (χ0n) is 9.17. The van der Waals surface area contributed by atoms with Gasteiger partial charge in [0.2, 0.25) is 0 Å². The van der Waals surface area contributed by atoms with Gasteiger partial charge in [-0.25, -0.2) is 0 Å². The lowest BCUT2D eigenvalue weighted by Gasteiger charge is -2.06. The Morgan fingerprint density at radius 2 is 1.65 bits per heavy atom. The molecule has 0 unspecified atom stereocenters. The summed E-state index contributed by atoms with van der Waals surface area (Å²) in [6.45, 7) is 1.11. The van der Waals surface area contributed by atoms with Crippen molar-refractivity contribution in [3.05, 3.63) is 30.3 Å². The highest BCUT2D eigenvalue weighted by Crippen LogP contribution is 2.29. The summed E-state index contributed by atoms with van der Waals surface area (Å²) in [5, 5.41) is 2.99. The van der Waals surface area contributed by atoms with E-state index in [1.165, 1.54) is 4.90 Å². The lowest BCUT2D eigenvalue weighted by atomic mass is 10.4. The maximum atomic E-state index is 11.8. The van der Waals surface area contributed by atoms with E-state index in [1.807, 2.05) is 30.3 Å². The number of hydrogen-bond donors (Lipinski definition) is 1. The summed E-state index contributed by atoms with van der Waals surface area (Å²) in [4.78, 5) is 1.18. The maximum absolute atomic E-state index is 11.8. The molecule has 0 radical (unpaired) electrons. The molecule has 1 aromatic carbocycles. The molecule has 0 spiro atoms. The Morgan fingerprint density at radius 3 is 2.29 bits per heavy atom. The molecule has 0 aromatic heterocycles. The van der Waals surface area contributed by atoms with E-state index in [9.17, 15) is 13.2 Å². The number of thioether (sulfide) groups is 2. The van der Waals surface area contributed by atoms with Crippen molar-refractivity contribution in [1.82, 2.24) is 5.32 Å². The van der Waals surface area contributed by atoms with Gasteiger partial charge in [-0.15, -0.1) is 11.8 Å². The van der Waals surface area contributed by atoms with Crippen molar-refractivity contribution >= 4 is 23.5 Å². The number of hydrogen-bond acceptors (Lipinski definition) is 3. The molecule has 96 valence electrons. The van der Waals surface area contributed by atoms with Gasteiger partial charge in [-0.2, -0.15) is 13.2 Å². The summed E-state index contributed by atoms with van der Waals surface area (Å²) < 4.78 is 35.4. The van der Waals surface area contributed by atoms with E-state index in [4.69, 9.17) is 0 Å². The molecule has 0 atom stereocenters. The van der Waals surface area contributed by atoms with E-state index < -0.39 is 5.51 Å². The number of alkyl halides is 3. The number of rotatable bonds is 7. The first-order chi connectivity index (χ1) is 8.08. The van der Waals surface area contributed by atoms with Crippen LogP contribution in [0.3, 0.4) is 0 Å². The number of benzene rings is 1. The van der Waals surface area contributed by atoms with Crippen molar-refractivity contribution in [1.29, 1.82) is 0 Å². The topological polar surface area (TPSA) is 12.0 Å². The first-order valence-electron chi connectivity index (χ1n) is 5.17. The van der Waals surface area contributed by atoms with Gasteiger partial charge in [0.25, 0.3) is 0 Å². The molecule has 0 bridgehead atoms. The fourth-order valence-electron chi connectivity index (χ4n) is 1.12. The molecular weight excluding hydrogens is 267 g/mol. The SMILES string of the molecule is FC(F)(F)SCCNCCSc1ccccc1. The van der Waals surface area contributed by atoms with Crippen LogP contribution in [0.2, 0.25) is 0 Å². The third kappa shape index (κ3) is 8.40. The summed E-state index contributed by atoms with van der Waals surface area (Å²) in [5.74, 6) is 0.931. The summed E-state index contributed by atoms with van der Waals surface area (Å²) in [6, 6.07) is 9.93. The van der Waals surface area contributed by atoms with Gasteiger partial charge < -0.3 is 5.32 Å². The second kappa shape index (κ2) is 7.89. The van der Waals surface area contributed by atoms with Crippen LogP contribution in [0.1, 0.15) is 0 Å². The molecule has 0 aliphatic heterocycles. The van der Waals surface area contributed by atoms with Gasteiger partial charge in [0.15, 0.2) is 0 Å². The van der Waals surface area contributed by atoms with Gasteiger partial charge in [-0.1, -0.05) is 18.2 Å². The van der Waals surface area contributed by atoms with Crippen LogP contribution in [0.5, 0.6) is 0 Å². The molecule has 0 saturated carbocycles. The Hall–Kier alpha value is -0.330. The summed E-state index contributed by atoms with van der Waals surface area (Å²) in [5.41, 5.74) is -4.11. The van der Waals surface area contributed by atoms with E-state index in [2.05, 4.69) is 5.32 Å². The zero-order valence-corrected chi connectivity index (χ0v) is 10.8. The van der Waals surface area contributed by atoms with Crippen molar-refractivity contribution in [2.24, 2.45) is 0 Å². The molecule has 0 aliphatic rings. The lowest BCUT2D eigenvalue weighted by Crippen LogP contribution is -2.21. The molecule has 17 heavy (non-hydrogen) atoms. The van der Waals surface area contributed by atoms with Gasteiger partial charge in [0, 0.05) is 29.5 Å². The minimum absolute atomic E-state index is 0.0187. The van der Waals surface area contributed by atoms with Crippen molar-refractivity contribution in [2.75, 3.05) is 24.6 Å². The molecule has 0 fully saturated rings. The lowest BCUT2D eigenvalue weighted by molar-refractivity contribution is -0.0327. The molecule has 0 heterocycles. The van der Waals surface area contributed by atoms with Crippen molar-refractivity contribution in [3.63, 3.8) is 0 Å². The monoisotopic (exact) mass is 281 g/mol. The van der Waals surface area contributed by atoms with Crippen LogP contribution in [0, 0.1) is 0 Å². The van der Waals surface area contributed by atoms with Crippen LogP contribution in [0.25, 0.3) is 0 Å². The summed E-state index contributed by atoms with van der Waals surface area (Å²) in [6.07, 6.45) is 0. The molecule has 6 heteroatoms. The highest BCUT2D eigenvalue weighted by Gasteiger charge is 2.27. The predicted molar refractivity (Wildman–Crippen MR) is 68.5 cm³/mol. The molecule has 1 rings (SSSR count). The Bertz CT molecular complexity index is 303. The highest BCUT2D eigenvalue weighted by molar-refractivity contribution is 8.00. The van der Waals surface area contributed by atoms with E-state index in [0.717, 1.165) is 12.3 Å². The number of nitrogens with one attached hydrogen (secondary N) is 1. The minimum Gasteiger partial charge on any atom is -0.315 e. The number of halogens is 3. The average Bonchev–Trinajstić information content (AvgIpc) is 2.28. The molecule has 0 saturated heterocycles. The Labute approximate surface area is 108 Å². The standard InChI is InChI=1S/C11H14F3NS2/c12-11(13,14)17-9-7-15-6-8-16-10-4-2-1-3-5-10/h1-5,15H,6-9H2. The largest absolute Gasteiger partial charge is 0.441 e. The maximum Gasteiger partial charge on any atom is 0.441 e. The molecule has 0 amide bonds.